The Balaban J connectivity index is 2.10. The second kappa shape index (κ2) is 4.59. The summed E-state index contributed by atoms with van der Waals surface area (Å²) in [7, 11) is 0. The number of hydrogen-bond acceptors (Lipinski definition) is 3. The van der Waals surface area contributed by atoms with Gasteiger partial charge in [0.05, 0.1) is 5.56 Å². The number of nitrogens with one attached hydrogen (secondary N) is 1. The SMILES string of the molecule is FC(F)(F)c1ccc2c(c1C1CCNCC1)OCO2. The van der Waals surface area contributed by atoms with Crippen LogP contribution < -0.4 is 14.8 Å². The molecule has 19 heavy (non-hydrogen) atoms. The van der Waals surface area contributed by atoms with Gasteiger partial charge in [-0.15, -0.1) is 0 Å². The zero-order valence-corrected chi connectivity index (χ0v) is 10.2. The molecule has 2 aliphatic heterocycles. The molecule has 0 saturated carbocycles. The average Bonchev–Trinajstić information content (AvgIpc) is 2.85. The van der Waals surface area contributed by atoms with Crippen LogP contribution in [0.5, 0.6) is 11.5 Å². The Labute approximate surface area is 108 Å². The van der Waals surface area contributed by atoms with Crippen LogP contribution in [0.25, 0.3) is 0 Å². The summed E-state index contributed by atoms with van der Waals surface area (Å²) in [5, 5.41) is 3.16. The maximum Gasteiger partial charge on any atom is 0.416 e. The number of hydrogen-bond donors (Lipinski definition) is 1. The standard InChI is InChI=1S/C13H14F3NO2/c14-13(15,16)9-1-2-10-12(19-7-18-10)11(9)8-3-5-17-6-4-8/h1-2,8,17H,3-7H2. The molecule has 104 valence electrons. The molecule has 1 fully saturated rings. The molecule has 0 bridgehead atoms. The lowest BCUT2D eigenvalue weighted by atomic mass is 9.86. The quantitative estimate of drug-likeness (QED) is 0.853. The molecule has 0 atom stereocenters. The Bertz CT molecular complexity index is 482. The summed E-state index contributed by atoms with van der Waals surface area (Å²) in [5.41, 5.74) is -0.326. The van der Waals surface area contributed by atoms with E-state index in [-0.39, 0.29) is 24.0 Å². The molecule has 3 nitrogen and oxygen atoms in total. The van der Waals surface area contributed by atoms with Crippen molar-refractivity contribution in [3.63, 3.8) is 0 Å². The third-order valence-electron chi connectivity index (χ3n) is 3.63. The Morgan fingerprint density at radius 3 is 2.53 bits per heavy atom. The Hall–Kier alpha value is -1.43. The zero-order chi connectivity index (χ0) is 13.5. The maximum atomic E-state index is 13.2. The molecule has 1 aromatic rings. The van der Waals surface area contributed by atoms with E-state index in [1.165, 1.54) is 6.07 Å². The molecular weight excluding hydrogens is 259 g/mol. The first kappa shape index (κ1) is 12.6. The van der Waals surface area contributed by atoms with Gasteiger partial charge >= 0.3 is 6.18 Å². The van der Waals surface area contributed by atoms with Gasteiger partial charge in [-0.1, -0.05) is 0 Å². The monoisotopic (exact) mass is 273 g/mol. The van der Waals surface area contributed by atoms with E-state index in [2.05, 4.69) is 5.32 Å². The van der Waals surface area contributed by atoms with Crippen molar-refractivity contribution in [2.24, 2.45) is 0 Å². The predicted molar refractivity (Wildman–Crippen MR) is 62.4 cm³/mol. The van der Waals surface area contributed by atoms with Gasteiger partial charge in [-0.2, -0.15) is 13.2 Å². The molecule has 2 aliphatic rings. The predicted octanol–water partition coefficient (Wildman–Crippen LogP) is 2.90. The molecule has 0 radical (unpaired) electrons. The number of benzene rings is 1. The van der Waals surface area contributed by atoms with Crippen LogP contribution in [0.1, 0.15) is 29.9 Å². The van der Waals surface area contributed by atoms with Crippen molar-refractivity contribution in [1.82, 2.24) is 5.32 Å². The lowest BCUT2D eigenvalue weighted by Gasteiger charge is -2.26. The fraction of sp³-hybridized carbons (Fsp3) is 0.538. The van der Waals surface area contributed by atoms with E-state index in [1.54, 1.807) is 0 Å². The maximum absolute atomic E-state index is 13.2. The third-order valence-corrected chi connectivity index (χ3v) is 3.63. The van der Waals surface area contributed by atoms with Gasteiger partial charge in [0, 0.05) is 5.56 Å². The lowest BCUT2D eigenvalue weighted by Crippen LogP contribution is -2.28. The molecule has 0 aliphatic carbocycles. The van der Waals surface area contributed by atoms with Crippen molar-refractivity contribution in [1.29, 1.82) is 0 Å². The molecule has 1 saturated heterocycles. The summed E-state index contributed by atoms with van der Waals surface area (Å²) in [6.45, 7) is 1.45. The van der Waals surface area contributed by atoms with Crippen LogP contribution in [0.15, 0.2) is 12.1 Å². The minimum atomic E-state index is -4.36. The minimum absolute atomic E-state index is 0.00534. The van der Waals surface area contributed by atoms with Gasteiger partial charge in [0.1, 0.15) is 0 Å². The van der Waals surface area contributed by atoms with Crippen molar-refractivity contribution in [2.75, 3.05) is 19.9 Å². The molecule has 1 N–H and O–H groups in total. The van der Waals surface area contributed by atoms with Gasteiger partial charge in [-0.05, 0) is 44.0 Å². The van der Waals surface area contributed by atoms with Crippen LogP contribution >= 0.6 is 0 Å². The molecule has 0 amide bonds. The topological polar surface area (TPSA) is 30.5 Å². The smallest absolute Gasteiger partial charge is 0.416 e. The summed E-state index contributed by atoms with van der Waals surface area (Å²) in [4.78, 5) is 0. The first-order valence-electron chi connectivity index (χ1n) is 6.28. The van der Waals surface area contributed by atoms with Crippen LogP contribution in [-0.2, 0) is 6.18 Å². The number of halogens is 3. The number of fused-ring (bicyclic) bond motifs is 1. The van der Waals surface area contributed by atoms with Gasteiger partial charge in [0.15, 0.2) is 11.5 Å². The fourth-order valence-electron chi connectivity index (χ4n) is 2.76. The fourth-order valence-corrected chi connectivity index (χ4v) is 2.76. The average molecular weight is 273 g/mol. The van der Waals surface area contributed by atoms with Crippen molar-refractivity contribution < 1.29 is 22.6 Å². The van der Waals surface area contributed by atoms with Gasteiger partial charge in [0.2, 0.25) is 6.79 Å². The largest absolute Gasteiger partial charge is 0.454 e. The van der Waals surface area contributed by atoms with E-state index in [4.69, 9.17) is 9.47 Å². The molecular formula is C13H14F3NO2. The highest BCUT2D eigenvalue weighted by atomic mass is 19.4. The Morgan fingerprint density at radius 1 is 1.11 bits per heavy atom. The number of rotatable bonds is 1. The first-order valence-corrected chi connectivity index (χ1v) is 6.28. The van der Waals surface area contributed by atoms with E-state index in [9.17, 15) is 13.2 Å². The summed E-state index contributed by atoms with van der Waals surface area (Å²) in [6, 6.07) is 2.45. The second-order valence-corrected chi connectivity index (χ2v) is 4.78. The van der Waals surface area contributed by atoms with Crippen LogP contribution in [0.4, 0.5) is 13.2 Å². The van der Waals surface area contributed by atoms with Gasteiger partial charge < -0.3 is 14.8 Å². The van der Waals surface area contributed by atoms with Gasteiger partial charge in [0.25, 0.3) is 0 Å². The molecule has 3 rings (SSSR count). The van der Waals surface area contributed by atoms with Crippen LogP contribution in [0.3, 0.4) is 0 Å². The van der Waals surface area contributed by atoms with Crippen molar-refractivity contribution in [3.8, 4) is 11.5 Å². The highest BCUT2D eigenvalue weighted by molar-refractivity contribution is 5.54. The summed E-state index contributed by atoms with van der Waals surface area (Å²) in [6.07, 6.45) is -2.99. The van der Waals surface area contributed by atoms with Crippen LogP contribution in [0.2, 0.25) is 0 Å². The Kier molecular flexibility index (Phi) is 3.05. The first-order chi connectivity index (χ1) is 9.07. The second-order valence-electron chi connectivity index (χ2n) is 4.78. The van der Waals surface area contributed by atoms with Crippen molar-refractivity contribution in [2.45, 2.75) is 24.9 Å². The van der Waals surface area contributed by atoms with E-state index >= 15 is 0 Å². The highest BCUT2D eigenvalue weighted by Gasteiger charge is 2.39. The number of alkyl halides is 3. The van der Waals surface area contributed by atoms with Crippen LogP contribution in [-0.4, -0.2) is 19.9 Å². The Morgan fingerprint density at radius 2 is 1.84 bits per heavy atom. The van der Waals surface area contributed by atoms with Gasteiger partial charge in [-0.3, -0.25) is 0 Å². The van der Waals surface area contributed by atoms with E-state index in [0.717, 1.165) is 19.2 Å². The molecule has 1 aromatic carbocycles. The molecule has 0 spiro atoms. The van der Waals surface area contributed by atoms with Crippen molar-refractivity contribution >= 4 is 0 Å². The summed E-state index contributed by atoms with van der Waals surface area (Å²) >= 11 is 0. The molecule has 6 heteroatoms. The zero-order valence-electron chi connectivity index (χ0n) is 10.2. The van der Waals surface area contributed by atoms with Crippen LogP contribution in [0, 0.1) is 0 Å². The van der Waals surface area contributed by atoms with Crippen molar-refractivity contribution in [3.05, 3.63) is 23.3 Å². The number of piperidine rings is 1. The number of ether oxygens (including phenoxy) is 2. The summed E-state index contributed by atoms with van der Waals surface area (Å²) in [5.74, 6) is 0.567. The van der Waals surface area contributed by atoms with Gasteiger partial charge in [-0.25, -0.2) is 0 Å². The molecule has 0 aromatic heterocycles. The van der Waals surface area contributed by atoms with E-state index in [0.29, 0.717) is 18.6 Å². The summed E-state index contributed by atoms with van der Waals surface area (Å²) < 4.78 is 49.9. The van der Waals surface area contributed by atoms with E-state index < -0.39 is 11.7 Å². The lowest BCUT2D eigenvalue weighted by molar-refractivity contribution is -0.138. The highest BCUT2D eigenvalue weighted by Crippen LogP contribution is 2.48. The molecule has 0 unspecified atom stereocenters. The normalized spacial score (nSPS) is 19.7. The minimum Gasteiger partial charge on any atom is -0.454 e. The molecule has 2 heterocycles. The third kappa shape index (κ3) is 2.25. The van der Waals surface area contributed by atoms with E-state index in [1.807, 2.05) is 0 Å².